The average Bonchev–Trinajstić information content (AvgIpc) is 2.59. The first-order valence-electron chi connectivity index (χ1n) is 9.25. The molecule has 1 aromatic rings. The number of hydrogen-bond acceptors (Lipinski definition) is 3. The highest BCUT2D eigenvalue weighted by molar-refractivity contribution is 6.39. The Hall–Kier alpha value is -2.37. The van der Waals surface area contributed by atoms with Crippen LogP contribution in [0.4, 0.5) is 5.69 Å². The van der Waals surface area contributed by atoms with Crippen molar-refractivity contribution in [2.24, 2.45) is 5.92 Å². The second kappa shape index (κ2) is 10.6. The summed E-state index contributed by atoms with van der Waals surface area (Å²) in [4.78, 5) is 36.0. The summed E-state index contributed by atoms with van der Waals surface area (Å²) in [6.45, 7) is 10.4. The maximum atomic E-state index is 12.1. The summed E-state index contributed by atoms with van der Waals surface area (Å²) in [5.74, 6) is -0.927. The number of rotatable bonds is 8. The van der Waals surface area contributed by atoms with Gasteiger partial charge in [0, 0.05) is 23.8 Å². The van der Waals surface area contributed by atoms with E-state index < -0.39 is 11.8 Å². The van der Waals surface area contributed by atoms with Crippen molar-refractivity contribution in [2.45, 2.75) is 59.9 Å². The van der Waals surface area contributed by atoms with E-state index in [4.69, 9.17) is 0 Å². The fourth-order valence-electron chi connectivity index (χ4n) is 2.33. The maximum absolute atomic E-state index is 12.1. The van der Waals surface area contributed by atoms with E-state index in [1.807, 2.05) is 13.8 Å². The van der Waals surface area contributed by atoms with Crippen LogP contribution >= 0.6 is 0 Å². The number of nitrogens with one attached hydrogen (secondary N) is 3. The fourth-order valence-corrected chi connectivity index (χ4v) is 2.33. The zero-order chi connectivity index (χ0) is 19.7. The third kappa shape index (κ3) is 7.25. The van der Waals surface area contributed by atoms with Gasteiger partial charge in [-0.2, -0.15) is 0 Å². The van der Waals surface area contributed by atoms with Crippen molar-refractivity contribution in [3.05, 3.63) is 29.3 Å². The Balaban J connectivity index is 2.60. The van der Waals surface area contributed by atoms with E-state index in [-0.39, 0.29) is 11.9 Å². The monoisotopic (exact) mass is 361 g/mol. The molecule has 6 heteroatoms. The zero-order valence-corrected chi connectivity index (χ0v) is 16.4. The Morgan fingerprint density at radius 3 is 2.35 bits per heavy atom. The van der Waals surface area contributed by atoms with Crippen molar-refractivity contribution >= 4 is 23.4 Å². The molecule has 0 bridgehead atoms. The lowest BCUT2D eigenvalue weighted by molar-refractivity contribution is -0.136. The van der Waals surface area contributed by atoms with Gasteiger partial charge >= 0.3 is 11.8 Å². The lowest BCUT2D eigenvalue weighted by Gasteiger charge is -2.13. The van der Waals surface area contributed by atoms with Crippen molar-refractivity contribution in [1.29, 1.82) is 0 Å². The molecule has 0 aliphatic carbocycles. The first-order valence-corrected chi connectivity index (χ1v) is 9.25. The summed E-state index contributed by atoms with van der Waals surface area (Å²) >= 11 is 0. The highest BCUT2D eigenvalue weighted by Gasteiger charge is 2.15. The van der Waals surface area contributed by atoms with Crippen LogP contribution in [0.15, 0.2) is 18.2 Å². The van der Waals surface area contributed by atoms with Crippen LogP contribution < -0.4 is 16.0 Å². The molecule has 6 nitrogen and oxygen atoms in total. The largest absolute Gasteiger partial charge is 0.350 e. The number of aryl methyl sites for hydroxylation is 1. The molecule has 0 aliphatic rings. The van der Waals surface area contributed by atoms with E-state index in [9.17, 15) is 14.4 Å². The Morgan fingerprint density at radius 1 is 1.08 bits per heavy atom. The quantitative estimate of drug-likeness (QED) is 0.491. The molecule has 0 radical (unpaired) electrons. The van der Waals surface area contributed by atoms with E-state index in [0.717, 1.165) is 24.8 Å². The van der Waals surface area contributed by atoms with E-state index >= 15 is 0 Å². The van der Waals surface area contributed by atoms with Gasteiger partial charge in [-0.3, -0.25) is 14.4 Å². The van der Waals surface area contributed by atoms with Gasteiger partial charge in [0.05, 0.1) is 0 Å². The summed E-state index contributed by atoms with van der Waals surface area (Å²) in [6, 6.07) is 5.08. The molecular formula is C20H31N3O3. The van der Waals surface area contributed by atoms with Crippen molar-refractivity contribution < 1.29 is 14.4 Å². The lowest BCUT2D eigenvalue weighted by Crippen LogP contribution is -2.36. The number of anilines is 1. The maximum Gasteiger partial charge on any atom is 0.313 e. The molecule has 0 fully saturated rings. The summed E-state index contributed by atoms with van der Waals surface area (Å²) in [5, 5.41) is 8.11. The van der Waals surface area contributed by atoms with Crippen LogP contribution in [0.25, 0.3) is 0 Å². The third-order valence-electron chi connectivity index (χ3n) is 4.18. The highest BCUT2D eigenvalue weighted by atomic mass is 16.2. The van der Waals surface area contributed by atoms with Gasteiger partial charge in [-0.25, -0.2) is 0 Å². The van der Waals surface area contributed by atoms with Crippen molar-refractivity contribution in [3.8, 4) is 0 Å². The van der Waals surface area contributed by atoms with Gasteiger partial charge in [-0.15, -0.1) is 0 Å². The summed E-state index contributed by atoms with van der Waals surface area (Å²) in [7, 11) is 0. The van der Waals surface area contributed by atoms with Gasteiger partial charge in [0.1, 0.15) is 0 Å². The van der Waals surface area contributed by atoms with E-state index in [1.54, 1.807) is 25.1 Å². The van der Waals surface area contributed by atoms with E-state index in [2.05, 4.69) is 29.8 Å². The number of carbonyl (C=O) groups is 3. The predicted octanol–water partition coefficient (Wildman–Crippen LogP) is 3.01. The molecule has 3 amide bonds. The van der Waals surface area contributed by atoms with Crippen molar-refractivity contribution in [2.75, 3.05) is 11.9 Å². The summed E-state index contributed by atoms with van der Waals surface area (Å²) in [5.41, 5.74) is 1.77. The molecule has 144 valence electrons. The third-order valence-corrected chi connectivity index (χ3v) is 4.18. The minimum Gasteiger partial charge on any atom is -0.350 e. The first kappa shape index (κ1) is 21.7. The highest BCUT2D eigenvalue weighted by Crippen LogP contribution is 2.17. The van der Waals surface area contributed by atoms with Crippen LogP contribution in [-0.4, -0.2) is 30.3 Å². The van der Waals surface area contributed by atoms with Gasteiger partial charge < -0.3 is 16.0 Å². The van der Waals surface area contributed by atoms with Gasteiger partial charge in [-0.1, -0.05) is 20.8 Å². The fraction of sp³-hybridized carbons (Fsp3) is 0.550. The van der Waals surface area contributed by atoms with Crippen LogP contribution in [0.1, 0.15) is 62.9 Å². The van der Waals surface area contributed by atoms with Crippen LogP contribution in [0.2, 0.25) is 0 Å². The van der Waals surface area contributed by atoms with E-state index in [0.29, 0.717) is 23.7 Å². The molecule has 0 aromatic heterocycles. The minimum absolute atomic E-state index is 0.0987. The lowest BCUT2D eigenvalue weighted by atomic mass is 10.1. The number of hydrogen-bond donors (Lipinski definition) is 3. The second-order valence-electron chi connectivity index (χ2n) is 7.06. The zero-order valence-electron chi connectivity index (χ0n) is 16.4. The Kier molecular flexibility index (Phi) is 8.82. The normalized spacial score (nSPS) is 11.8. The minimum atomic E-state index is -0.700. The van der Waals surface area contributed by atoms with Crippen LogP contribution in [0.3, 0.4) is 0 Å². The Labute approximate surface area is 156 Å². The smallest absolute Gasteiger partial charge is 0.313 e. The van der Waals surface area contributed by atoms with Crippen molar-refractivity contribution in [1.82, 2.24) is 10.6 Å². The molecule has 0 aliphatic heterocycles. The van der Waals surface area contributed by atoms with Gasteiger partial charge in [0.25, 0.3) is 5.91 Å². The summed E-state index contributed by atoms with van der Waals surface area (Å²) < 4.78 is 0. The molecule has 0 saturated carbocycles. The average molecular weight is 361 g/mol. The van der Waals surface area contributed by atoms with Crippen LogP contribution in [0, 0.1) is 12.8 Å². The predicted molar refractivity (Wildman–Crippen MR) is 104 cm³/mol. The van der Waals surface area contributed by atoms with Crippen LogP contribution in [-0.2, 0) is 9.59 Å². The van der Waals surface area contributed by atoms with Crippen molar-refractivity contribution in [3.63, 3.8) is 0 Å². The molecule has 0 spiro atoms. The van der Waals surface area contributed by atoms with Gasteiger partial charge in [0.15, 0.2) is 0 Å². The number of benzene rings is 1. The topological polar surface area (TPSA) is 87.3 Å². The Morgan fingerprint density at radius 2 is 1.77 bits per heavy atom. The standard InChI is InChI=1S/C20H31N3O3/c1-6-15(5)22-18(24)16-9-10-17(14(4)12-16)23-20(26)19(25)21-11-7-8-13(2)3/h9-10,12-13,15H,6-8,11H2,1-5H3,(H,21,25)(H,22,24)(H,23,26). The molecule has 1 unspecified atom stereocenters. The first-order chi connectivity index (χ1) is 12.2. The SMILES string of the molecule is CCC(C)NC(=O)c1ccc(NC(=O)C(=O)NCCCC(C)C)c(C)c1. The molecular weight excluding hydrogens is 330 g/mol. The molecule has 1 atom stereocenters. The molecule has 26 heavy (non-hydrogen) atoms. The molecule has 0 saturated heterocycles. The summed E-state index contributed by atoms with van der Waals surface area (Å²) in [6.07, 6.45) is 2.70. The molecule has 0 heterocycles. The molecule has 1 rings (SSSR count). The van der Waals surface area contributed by atoms with Gasteiger partial charge in [-0.05, 0) is 62.8 Å². The molecule has 3 N–H and O–H groups in total. The van der Waals surface area contributed by atoms with Crippen LogP contribution in [0.5, 0.6) is 0 Å². The second-order valence-corrected chi connectivity index (χ2v) is 7.06. The van der Waals surface area contributed by atoms with Gasteiger partial charge in [0.2, 0.25) is 0 Å². The molecule has 1 aromatic carbocycles. The Bertz CT molecular complexity index is 641. The van der Waals surface area contributed by atoms with E-state index in [1.165, 1.54) is 0 Å². The number of carbonyl (C=O) groups excluding carboxylic acids is 3. The number of amides is 3.